The van der Waals surface area contributed by atoms with Crippen molar-refractivity contribution in [2.45, 2.75) is 106 Å². The number of benzene rings is 2. The number of ether oxygens (including phenoxy) is 5. The molecule has 2 heterocycles. The highest BCUT2D eigenvalue weighted by Gasteiger charge is 2.66. The molecule has 1 saturated heterocycles. The maximum Gasteiger partial charge on any atom is 0.239 e. The van der Waals surface area contributed by atoms with E-state index in [0.717, 1.165) is 86.1 Å². The molecular formula is C48H66N2O10S. The van der Waals surface area contributed by atoms with Crippen LogP contribution in [-0.2, 0) is 23.8 Å². The van der Waals surface area contributed by atoms with Gasteiger partial charge in [-0.1, -0.05) is 48.3 Å². The molecule has 61 heavy (non-hydrogen) atoms. The van der Waals surface area contributed by atoms with Crippen LogP contribution in [0.5, 0.6) is 11.5 Å². The van der Waals surface area contributed by atoms with E-state index in [4.69, 9.17) is 33.7 Å². The number of amides is 1. The molecule has 1 unspecified atom stereocenters. The topological polar surface area (TPSA) is 149 Å². The maximum atomic E-state index is 14.6. The zero-order valence-corrected chi connectivity index (χ0v) is 36.4. The van der Waals surface area contributed by atoms with Crippen LogP contribution in [0.15, 0.2) is 82.9 Å². The van der Waals surface area contributed by atoms with Crippen molar-refractivity contribution < 1.29 is 48.6 Å². The lowest BCUT2D eigenvalue weighted by Crippen LogP contribution is -2.70. The number of carbonyl (C=O) groups is 1. The van der Waals surface area contributed by atoms with Crippen LogP contribution >= 0.6 is 11.8 Å². The highest BCUT2D eigenvalue weighted by atomic mass is 32.2. The van der Waals surface area contributed by atoms with Gasteiger partial charge >= 0.3 is 0 Å². The number of hydrogen-bond acceptors (Lipinski definition) is 12. The Bertz CT molecular complexity index is 1770. The third-order valence-electron chi connectivity index (χ3n) is 12.7. The zero-order chi connectivity index (χ0) is 42.4. The first-order valence-electron chi connectivity index (χ1n) is 22.7. The smallest absolute Gasteiger partial charge is 0.239 e. The number of allylic oxidation sites excluding steroid dienone is 1. The largest absolute Gasteiger partial charge is 0.493 e. The van der Waals surface area contributed by atoms with E-state index >= 15 is 0 Å². The van der Waals surface area contributed by atoms with E-state index in [-0.39, 0.29) is 75.8 Å². The highest BCUT2D eigenvalue weighted by Crippen LogP contribution is 2.62. The number of nitrogens with zero attached hydrogens (tertiary/aromatic N) is 2. The van der Waals surface area contributed by atoms with Crippen molar-refractivity contribution in [2.24, 2.45) is 28.8 Å². The summed E-state index contributed by atoms with van der Waals surface area (Å²) in [6.45, 7) is 6.17. The minimum Gasteiger partial charge on any atom is -0.493 e. The highest BCUT2D eigenvalue weighted by molar-refractivity contribution is 7.99. The van der Waals surface area contributed by atoms with Crippen LogP contribution in [0.25, 0.3) is 0 Å². The van der Waals surface area contributed by atoms with Crippen molar-refractivity contribution in [3.8, 4) is 11.5 Å². The number of unbranched alkanes of at least 4 members (excludes halogenated alkanes) is 2. The second-order valence-electron chi connectivity index (χ2n) is 16.8. The second-order valence-corrected chi connectivity index (χ2v) is 18.0. The van der Waals surface area contributed by atoms with Gasteiger partial charge in [0, 0.05) is 60.6 Å². The van der Waals surface area contributed by atoms with Crippen LogP contribution < -0.4 is 9.47 Å². The van der Waals surface area contributed by atoms with Crippen molar-refractivity contribution in [2.75, 3.05) is 65.2 Å². The van der Waals surface area contributed by atoms with Gasteiger partial charge in [-0.3, -0.25) is 4.79 Å². The Labute approximate surface area is 365 Å². The van der Waals surface area contributed by atoms with E-state index in [0.29, 0.717) is 38.2 Å². The molecule has 5 aliphatic rings. The molecule has 0 bridgehead atoms. The number of oxime groups is 1. The van der Waals surface area contributed by atoms with Crippen molar-refractivity contribution >= 4 is 23.4 Å². The first-order valence-corrected chi connectivity index (χ1v) is 23.7. The molecule has 12 nitrogen and oxygen atoms in total. The Balaban J connectivity index is 1.36. The fourth-order valence-electron chi connectivity index (χ4n) is 9.80. The molecule has 2 aromatic rings. The van der Waals surface area contributed by atoms with Gasteiger partial charge in [-0.15, -0.1) is 18.3 Å². The number of fused-ring (bicyclic) bond motifs is 2. The molecule has 334 valence electrons. The Morgan fingerprint density at radius 2 is 1.79 bits per heavy atom. The van der Waals surface area contributed by atoms with Gasteiger partial charge in [0.1, 0.15) is 17.5 Å². The van der Waals surface area contributed by atoms with Gasteiger partial charge in [0.25, 0.3) is 0 Å². The Morgan fingerprint density at radius 3 is 2.52 bits per heavy atom. The van der Waals surface area contributed by atoms with Gasteiger partial charge < -0.3 is 48.7 Å². The summed E-state index contributed by atoms with van der Waals surface area (Å²) in [4.78, 5) is 24.0. The van der Waals surface area contributed by atoms with Crippen molar-refractivity contribution in [3.63, 3.8) is 0 Å². The van der Waals surface area contributed by atoms with Crippen LogP contribution in [0.4, 0.5) is 0 Å². The minimum atomic E-state index is -1.35. The molecule has 13 heteroatoms. The third kappa shape index (κ3) is 11.2. The van der Waals surface area contributed by atoms with E-state index in [9.17, 15) is 20.1 Å². The average Bonchev–Trinajstić information content (AvgIpc) is 4.15. The molecule has 0 aromatic heterocycles. The molecule has 3 fully saturated rings. The van der Waals surface area contributed by atoms with Gasteiger partial charge in [-0.05, 0) is 99.1 Å². The van der Waals surface area contributed by atoms with Crippen LogP contribution in [0.1, 0.15) is 88.5 Å². The quantitative estimate of drug-likeness (QED) is 0.0401. The second kappa shape index (κ2) is 22.8. The molecule has 7 rings (SSSR count). The van der Waals surface area contributed by atoms with E-state index in [1.807, 2.05) is 35.2 Å². The summed E-state index contributed by atoms with van der Waals surface area (Å²) < 4.78 is 32.8. The van der Waals surface area contributed by atoms with E-state index < -0.39 is 24.0 Å². The summed E-state index contributed by atoms with van der Waals surface area (Å²) in [5.74, 6) is 0.440. The van der Waals surface area contributed by atoms with E-state index in [1.54, 1.807) is 17.8 Å². The number of rotatable bonds is 25. The summed E-state index contributed by atoms with van der Waals surface area (Å²) >= 11 is 1.75. The Kier molecular flexibility index (Phi) is 17.0. The Morgan fingerprint density at radius 1 is 0.967 bits per heavy atom. The molecule has 2 aliphatic heterocycles. The maximum absolute atomic E-state index is 14.6. The minimum absolute atomic E-state index is 0.0303. The summed E-state index contributed by atoms with van der Waals surface area (Å²) in [5.41, 5.74) is 2.75. The normalized spacial score (nSPS) is 27.3. The molecular weight excluding hydrogens is 797 g/mol. The summed E-state index contributed by atoms with van der Waals surface area (Å²) in [6.07, 6.45) is 13.0. The zero-order valence-electron chi connectivity index (χ0n) is 35.6. The molecule has 1 amide bonds. The molecule has 7 atom stereocenters. The fourth-order valence-corrected chi connectivity index (χ4v) is 10.6. The summed E-state index contributed by atoms with van der Waals surface area (Å²) in [6, 6.07) is 15.8. The van der Waals surface area contributed by atoms with E-state index in [2.05, 4.69) is 30.9 Å². The number of aliphatic hydroxyl groups excluding tert-OH is 3. The molecule has 2 aromatic carbocycles. The lowest BCUT2D eigenvalue weighted by atomic mass is 9.55. The van der Waals surface area contributed by atoms with Gasteiger partial charge in [-0.25, -0.2) is 0 Å². The Hall–Kier alpha value is -3.43. The van der Waals surface area contributed by atoms with Crippen molar-refractivity contribution in [3.05, 3.63) is 78.4 Å². The monoisotopic (exact) mass is 862 g/mol. The lowest BCUT2D eigenvalue weighted by molar-refractivity contribution is -0.258. The SMILES string of the molecule is C=CCO[C@@]12Oc3ccc(OCCSc4ccccc4)cc3[C@H]3[C@H](CCCCO)[C@@H](CCCCO)C=C(C(=NOC4CCCCO4)C[C@@H]1N(CCOCCO)C(=O)C1CC1)[C@H]32. The first-order chi connectivity index (χ1) is 30.0. The molecule has 0 radical (unpaired) electrons. The summed E-state index contributed by atoms with van der Waals surface area (Å²) in [5, 5.41) is 34.4. The molecule has 2 saturated carbocycles. The van der Waals surface area contributed by atoms with Crippen LogP contribution in [-0.4, -0.2) is 115 Å². The van der Waals surface area contributed by atoms with Gasteiger partial charge in [-0.2, -0.15) is 0 Å². The predicted octanol–water partition coefficient (Wildman–Crippen LogP) is 7.27. The van der Waals surface area contributed by atoms with Gasteiger partial charge in [0.2, 0.25) is 18.0 Å². The molecule has 0 spiro atoms. The number of thioether (sulfide) groups is 1. The third-order valence-corrected chi connectivity index (χ3v) is 13.7. The average molecular weight is 863 g/mol. The molecule has 3 N–H and O–H groups in total. The van der Waals surface area contributed by atoms with Gasteiger partial charge in [0.15, 0.2) is 0 Å². The number of hydrogen-bond donors (Lipinski definition) is 3. The lowest BCUT2D eigenvalue weighted by Gasteiger charge is -2.60. The molecule has 3 aliphatic carbocycles. The fraction of sp³-hybridized carbons (Fsp3) is 0.625. The summed E-state index contributed by atoms with van der Waals surface area (Å²) in [7, 11) is 0. The van der Waals surface area contributed by atoms with Gasteiger partial charge in [0.05, 0.1) is 51.3 Å². The van der Waals surface area contributed by atoms with Crippen LogP contribution in [0, 0.1) is 23.7 Å². The number of carbonyl (C=O) groups excluding carboxylic acids is 1. The van der Waals surface area contributed by atoms with Crippen LogP contribution in [0.3, 0.4) is 0 Å². The van der Waals surface area contributed by atoms with Crippen LogP contribution in [0.2, 0.25) is 0 Å². The standard InChI is InChI=1S/C48H66N2O10S/c1-2-25-58-48-43(50(21-27-55-28-24-53)47(54)34-17-18-34)33-41(49-60-44-16-8-11-26-57-44)39-31-35(12-6-9-22-51)38(15-7-10-23-52)45(46(39)48)40-32-36(19-20-42(40)59-48)56-29-30-61-37-13-4-3-5-14-37/h2-5,13-14,19-20,31-32,34-35,38,43-46,51-53H,1,6-12,15-18,21-30,33H2/t35-,38+,43-,44?,45+,46+,48+/m0/s1. The van der Waals surface area contributed by atoms with E-state index in [1.165, 1.54) is 4.90 Å². The number of aliphatic hydroxyl groups is 3. The first kappa shape index (κ1) is 45.6. The van der Waals surface area contributed by atoms with Crippen molar-refractivity contribution in [1.82, 2.24) is 4.90 Å². The predicted molar refractivity (Wildman–Crippen MR) is 235 cm³/mol. The van der Waals surface area contributed by atoms with Crippen molar-refractivity contribution in [1.29, 1.82) is 0 Å².